The number of aryl methyl sites for hydroxylation is 1. The van der Waals surface area contributed by atoms with Crippen LogP contribution in [0, 0.1) is 11.6 Å². The number of hydrogen-bond donors (Lipinski definition) is 2. The van der Waals surface area contributed by atoms with Gasteiger partial charge in [0.1, 0.15) is 29.5 Å². The first-order valence-electron chi connectivity index (χ1n) is 7.46. The van der Waals surface area contributed by atoms with Crippen molar-refractivity contribution < 1.29 is 13.6 Å². The van der Waals surface area contributed by atoms with E-state index < -0.39 is 11.6 Å². The number of hydrogen-bond acceptors (Lipinski definition) is 4. The average molecular weight is 321 g/mol. The standard InChI is InChI=1S/C15H17F2N5O/c16-11-2-1-3-12(17)15(11)22-7-6-10(8-22)20-14(23)5-4-13-18-9-19-21-13/h1-3,9-10H,4-8H2,(H,20,23)(H,18,19,21). The first kappa shape index (κ1) is 15.4. The van der Waals surface area contributed by atoms with Crippen molar-refractivity contribution in [2.75, 3.05) is 18.0 Å². The van der Waals surface area contributed by atoms with Crippen molar-refractivity contribution in [2.45, 2.75) is 25.3 Å². The van der Waals surface area contributed by atoms with Gasteiger partial charge in [-0.05, 0) is 18.6 Å². The number of para-hydroxylation sites is 1. The molecule has 2 N–H and O–H groups in total. The fourth-order valence-corrected chi connectivity index (χ4v) is 2.76. The van der Waals surface area contributed by atoms with Crippen molar-refractivity contribution in [1.82, 2.24) is 20.5 Å². The minimum atomic E-state index is -0.581. The van der Waals surface area contributed by atoms with E-state index in [1.54, 1.807) is 4.90 Å². The number of carbonyl (C=O) groups is 1. The van der Waals surface area contributed by atoms with Crippen LogP contribution in [-0.4, -0.2) is 40.2 Å². The van der Waals surface area contributed by atoms with Crippen molar-refractivity contribution in [3.63, 3.8) is 0 Å². The number of amides is 1. The van der Waals surface area contributed by atoms with Gasteiger partial charge in [-0.1, -0.05) is 6.07 Å². The summed E-state index contributed by atoms with van der Waals surface area (Å²) in [6.45, 7) is 0.900. The number of benzene rings is 1. The second-order valence-electron chi connectivity index (χ2n) is 5.50. The van der Waals surface area contributed by atoms with Gasteiger partial charge in [-0.15, -0.1) is 0 Å². The Hall–Kier alpha value is -2.51. The van der Waals surface area contributed by atoms with Gasteiger partial charge in [-0.3, -0.25) is 9.89 Å². The predicted molar refractivity (Wildman–Crippen MR) is 79.8 cm³/mol. The summed E-state index contributed by atoms with van der Waals surface area (Å²) >= 11 is 0. The van der Waals surface area contributed by atoms with Gasteiger partial charge in [0.05, 0.1) is 0 Å². The minimum absolute atomic E-state index is 0.0223. The fourth-order valence-electron chi connectivity index (χ4n) is 2.76. The lowest BCUT2D eigenvalue weighted by Gasteiger charge is -2.20. The molecule has 1 aliphatic heterocycles. The third-order valence-corrected chi connectivity index (χ3v) is 3.86. The van der Waals surface area contributed by atoms with Crippen LogP contribution in [0.5, 0.6) is 0 Å². The number of nitrogens with one attached hydrogen (secondary N) is 2. The van der Waals surface area contributed by atoms with Crippen LogP contribution >= 0.6 is 0 Å². The molecule has 1 amide bonds. The number of H-pyrrole nitrogens is 1. The molecule has 2 aromatic rings. The maximum Gasteiger partial charge on any atom is 0.220 e. The molecule has 2 heterocycles. The van der Waals surface area contributed by atoms with E-state index in [0.29, 0.717) is 38.2 Å². The Morgan fingerprint density at radius 2 is 2.17 bits per heavy atom. The molecule has 23 heavy (non-hydrogen) atoms. The molecule has 0 spiro atoms. The van der Waals surface area contributed by atoms with E-state index in [4.69, 9.17) is 0 Å². The van der Waals surface area contributed by atoms with Crippen LogP contribution in [0.4, 0.5) is 14.5 Å². The number of halogens is 2. The van der Waals surface area contributed by atoms with Crippen LogP contribution < -0.4 is 10.2 Å². The first-order valence-corrected chi connectivity index (χ1v) is 7.46. The molecule has 0 saturated carbocycles. The maximum atomic E-state index is 13.8. The number of rotatable bonds is 5. The molecule has 1 aromatic heterocycles. The highest BCUT2D eigenvalue weighted by Gasteiger charge is 2.27. The summed E-state index contributed by atoms with van der Waals surface area (Å²) in [4.78, 5) is 17.5. The Labute approximate surface area is 131 Å². The molecule has 1 aromatic carbocycles. The summed E-state index contributed by atoms with van der Waals surface area (Å²) in [6.07, 6.45) is 2.82. The largest absolute Gasteiger partial charge is 0.365 e. The zero-order chi connectivity index (χ0) is 16.2. The Kier molecular flexibility index (Phi) is 4.50. The van der Waals surface area contributed by atoms with Crippen LogP contribution in [0.1, 0.15) is 18.7 Å². The number of carbonyl (C=O) groups excluding carboxylic acids is 1. The highest BCUT2D eigenvalue weighted by Crippen LogP contribution is 2.26. The van der Waals surface area contributed by atoms with E-state index in [2.05, 4.69) is 20.5 Å². The highest BCUT2D eigenvalue weighted by atomic mass is 19.1. The molecule has 0 radical (unpaired) electrons. The summed E-state index contributed by atoms with van der Waals surface area (Å²) < 4.78 is 27.6. The number of anilines is 1. The molecule has 3 rings (SSSR count). The Balaban J connectivity index is 1.52. The Morgan fingerprint density at radius 3 is 2.87 bits per heavy atom. The number of aromatic amines is 1. The molecule has 1 fully saturated rings. The molecule has 0 aliphatic carbocycles. The van der Waals surface area contributed by atoms with Crippen LogP contribution in [0.25, 0.3) is 0 Å². The van der Waals surface area contributed by atoms with Gasteiger partial charge in [0.25, 0.3) is 0 Å². The van der Waals surface area contributed by atoms with Gasteiger partial charge in [0.2, 0.25) is 5.91 Å². The van der Waals surface area contributed by atoms with Gasteiger partial charge >= 0.3 is 0 Å². The van der Waals surface area contributed by atoms with E-state index in [9.17, 15) is 13.6 Å². The summed E-state index contributed by atoms with van der Waals surface area (Å²) in [5.41, 5.74) is -0.0223. The lowest BCUT2D eigenvalue weighted by molar-refractivity contribution is -0.121. The molecule has 122 valence electrons. The second kappa shape index (κ2) is 6.72. The van der Waals surface area contributed by atoms with Crippen molar-refractivity contribution in [3.8, 4) is 0 Å². The van der Waals surface area contributed by atoms with Crippen LogP contribution in [-0.2, 0) is 11.2 Å². The summed E-state index contributed by atoms with van der Waals surface area (Å²) in [7, 11) is 0. The molecule has 1 atom stereocenters. The van der Waals surface area contributed by atoms with E-state index in [1.807, 2.05) is 0 Å². The highest BCUT2D eigenvalue weighted by molar-refractivity contribution is 5.76. The van der Waals surface area contributed by atoms with E-state index >= 15 is 0 Å². The van der Waals surface area contributed by atoms with E-state index in [1.165, 1.54) is 24.5 Å². The zero-order valence-electron chi connectivity index (χ0n) is 12.4. The average Bonchev–Trinajstić information content (AvgIpc) is 3.17. The van der Waals surface area contributed by atoms with Gasteiger partial charge in [0, 0.05) is 32.0 Å². The van der Waals surface area contributed by atoms with Crippen molar-refractivity contribution in [1.29, 1.82) is 0 Å². The van der Waals surface area contributed by atoms with Crippen LogP contribution in [0.15, 0.2) is 24.5 Å². The lowest BCUT2D eigenvalue weighted by Crippen LogP contribution is -2.37. The van der Waals surface area contributed by atoms with Crippen LogP contribution in [0.3, 0.4) is 0 Å². The van der Waals surface area contributed by atoms with Gasteiger partial charge < -0.3 is 10.2 Å². The van der Waals surface area contributed by atoms with Gasteiger partial charge in [-0.2, -0.15) is 5.10 Å². The SMILES string of the molecule is O=C(CCc1ncn[nH]1)NC1CCN(c2c(F)cccc2F)C1. The minimum Gasteiger partial charge on any atom is -0.365 e. The first-order chi connectivity index (χ1) is 11.1. The van der Waals surface area contributed by atoms with E-state index in [0.717, 1.165) is 0 Å². The normalized spacial score (nSPS) is 17.5. The third-order valence-electron chi connectivity index (χ3n) is 3.86. The summed E-state index contributed by atoms with van der Waals surface area (Å²) in [5, 5.41) is 9.30. The second-order valence-corrected chi connectivity index (χ2v) is 5.50. The van der Waals surface area contributed by atoms with Crippen molar-refractivity contribution >= 4 is 11.6 Å². The number of nitrogens with zero attached hydrogens (tertiary/aromatic N) is 3. The topological polar surface area (TPSA) is 73.9 Å². The van der Waals surface area contributed by atoms with Crippen LogP contribution in [0.2, 0.25) is 0 Å². The molecular weight excluding hydrogens is 304 g/mol. The Morgan fingerprint density at radius 1 is 1.39 bits per heavy atom. The van der Waals surface area contributed by atoms with Gasteiger partial charge in [-0.25, -0.2) is 13.8 Å². The fraction of sp³-hybridized carbons (Fsp3) is 0.400. The molecule has 6 nitrogen and oxygen atoms in total. The van der Waals surface area contributed by atoms with E-state index in [-0.39, 0.29) is 17.6 Å². The summed E-state index contributed by atoms with van der Waals surface area (Å²) in [6, 6.07) is 3.70. The number of aromatic nitrogens is 3. The zero-order valence-corrected chi connectivity index (χ0v) is 12.4. The predicted octanol–water partition coefficient (Wildman–Crippen LogP) is 1.41. The smallest absolute Gasteiger partial charge is 0.220 e. The van der Waals surface area contributed by atoms with Crippen molar-refractivity contribution in [2.24, 2.45) is 0 Å². The molecule has 0 bridgehead atoms. The maximum absolute atomic E-state index is 13.8. The Bertz CT molecular complexity index is 656. The van der Waals surface area contributed by atoms with Crippen molar-refractivity contribution in [3.05, 3.63) is 42.0 Å². The molecule has 1 aliphatic rings. The monoisotopic (exact) mass is 321 g/mol. The summed E-state index contributed by atoms with van der Waals surface area (Å²) in [5.74, 6) is -0.617. The lowest BCUT2D eigenvalue weighted by atomic mass is 10.2. The quantitative estimate of drug-likeness (QED) is 0.873. The van der Waals surface area contributed by atoms with Gasteiger partial charge in [0.15, 0.2) is 0 Å². The molecule has 8 heteroatoms. The molecule has 1 saturated heterocycles. The molecular formula is C15H17F2N5O. The molecule has 1 unspecified atom stereocenters. The third kappa shape index (κ3) is 3.64.